The van der Waals surface area contributed by atoms with Gasteiger partial charge in [-0.25, -0.2) is 0 Å². The van der Waals surface area contributed by atoms with E-state index in [1.165, 1.54) is 24.8 Å². The Balaban J connectivity index is 1.57. The number of fused-ring (bicyclic) bond motifs is 7. The van der Waals surface area contributed by atoms with Crippen LogP contribution in [-0.4, -0.2) is 17.0 Å². The summed E-state index contributed by atoms with van der Waals surface area (Å²) in [4.78, 5) is 26.0. The lowest BCUT2D eigenvalue weighted by Crippen LogP contribution is -2.67. The number of carbonyl (C=O) groups is 2. The van der Waals surface area contributed by atoms with Crippen molar-refractivity contribution in [3.8, 4) is 0 Å². The maximum atomic E-state index is 13.0. The van der Waals surface area contributed by atoms with Gasteiger partial charge >= 0.3 is 0 Å². The summed E-state index contributed by atoms with van der Waals surface area (Å²) in [5, 5.41) is 0.815. The smallest absolute Gasteiger partial charge is 0.223 e. The van der Waals surface area contributed by atoms with Gasteiger partial charge in [0.2, 0.25) is 5.91 Å². The second-order valence-corrected chi connectivity index (χ2v) is 14.9. The molecule has 0 aromatic heterocycles. The molecule has 4 heteroatoms. The summed E-state index contributed by atoms with van der Waals surface area (Å²) in [5.74, 6) is 2.81. The molecule has 5 aliphatic carbocycles. The van der Waals surface area contributed by atoms with Crippen molar-refractivity contribution in [3.05, 3.63) is 12.2 Å². The van der Waals surface area contributed by atoms with E-state index < -0.39 is 0 Å². The Morgan fingerprint density at radius 3 is 2.29 bits per heavy atom. The number of amides is 1. The lowest BCUT2D eigenvalue weighted by molar-refractivity contribution is -0.232. The molecule has 0 radical (unpaired) electrons. The van der Waals surface area contributed by atoms with E-state index in [0.717, 1.165) is 50.3 Å². The predicted octanol–water partition coefficient (Wildman–Crippen LogP) is 7.07. The normalized spacial score (nSPS) is 51.6. The number of allylic oxidation sites excluding steroid dienone is 1. The highest BCUT2D eigenvalue weighted by Gasteiger charge is 2.71. The average molecular weight is 533 g/mol. The summed E-state index contributed by atoms with van der Waals surface area (Å²) in [7, 11) is 0. The Labute approximate surface area is 215 Å². The third-order valence-electron chi connectivity index (χ3n) is 13.4. The van der Waals surface area contributed by atoms with Gasteiger partial charge in [0.15, 0.2) is 0 Å². The fraction of sp³-hybridized carbons (Fsp3) is 0.867. The Morgan fingerprint density at radius 2 is 1.65 bits per heavy atom. The van der Waals surface area contributed by atoms with E-state index in [1.54, 1.807) is 0 Å². The molecule has 0 aromatic carbocycles. The van der Waals surface area contributed by atoms with Gasteiger partial charge in [0.05, 0.1) is 5.41 Å². The van der Waals surface area contributed by atoms with Crippen LogP contribution in [0.3, 0.4) is 0 Å². The lowest BCUT2D eigenvalue weighted by atomic mass is 9.32. The molecule has 1 amide bonds. The van der Waals surface area contributed by atoms with Gasteiger partial charge in [-0.1, -0.05) is 62.7 Å². The number of Topliss-reactive ketones (excluding diaryl/α,β-unsaturated/α-hetero) is 1. The summed E-state index contributed by atoms with van der Waals surface area (Å²) < 4.78 is 0. The van der Waals surface area contributed by atoms with Gasteiger partial charge < -0.3 is 5.73 Å². The predicted molar refractivity (Wildman–Crippen MR) is 141 cm³/mol. The number of halogens is 1. The van der Waals surface area contributed by atoms with E-state index in [9.17, 15) is 9.59 Å². The molecule has 0 aliphatic heterocycles. The highest BCUT2D eigenvalue weighted by Crippen LogP contribution is 2.77. The molecule has 5 rings (SSSR count). The van der Waals surface area contributed by atoms with Crippen molar-refractivity contribution in [2.75, 3.05) is 5.33 Å². The molecule has 0 bridgehead atoms. The van der Waals surface area contributed by atoms with Crippen molar-refractivity contribution in [2.24, 2.45) is 62.4 Å². The molecular weight excluding hydrogens is 486 g/mol. The molecule has 0 heterocycles. The Bertz CT molecular complexity index is 927. The zero-order valence-corrected chi connectivity index (χ0v) is 23.7. The van der Waals surface area contributed by atoms with Crippen LogP contribution in [-0.2, 0) is 9.59 Å². The number of hydrogen-bond acceptors (Lipinski definition) is 2. The van der Waals surface area contributed by atoms with E-state index in [0.29, 0.717) is 35.4 Å². The van der Waals surface area contributed by atoms with Crippen molar-refractivity contribution in [1.29, 1.82) is 0 Å². The molecule has 0 spiro atoms. The molecule has 190 valence electrons. The molecule has 2 N–H and O–H groups in total. The highest BCUT2D eigenvalue weighted by atomic mass is 79.9. The summed E-state index contributed by atoms with van der Waals surface area (Å²) in [6.45, 7) is 16.6. The minimum atomic E-state index is -0.344. The molecule has 5 saturated carbocycles. The van der Waals surface area contributed by atoms with Gasteiger partial charge in [0.1, 0.15) is 5.78 Å². The summed E-state index contributed by atoms with van der Waals surface area (Å²) in [6.07, 6.45) is 10.6. The van der Waals surface area contributed by atoms with Crippen LogP contribution in [0, 0.1) is 56.7 Å². The molecule has 5 fully saturated rings. The first kappa shape index (κ1) is 25.0. The maximum Gasteiger partial charge on any atom is 0.223 e. The first-order valence-electron chi connectivity index (χ1n) is 13.9. The van der Waals surface area contributed by atoms with Gasteiger partial charge in [-0.2, -0.15) is 0 Å². The Morgan fingerprint density at radius 1 is 0.941 bits per heavy atom. The lowest BCUT2D eigenvalue weighted by Gasteiger charge is -2.72. The second-order valence-electron chi connectivity index (χ2n) is 14.3. The van der Waals surface area contributed by atoms with Crippen molar-refractivity contribution in [1.82, 2.24) is 0 Å². The van der Waals surface area contributed by atoms with Gasteiger partial charge in [-0.05, 0) is 104 Å². The molecular formula is C30H46BrNO2. The van der Waals surface area contributed by atoms with E-state index >= 15 is 0 Å². The van der Waals surface area contributed by atoms with E-state index in [-0.39, 0.29) is 33.0 Å². The van der Waals surface area contributed by atoms with Crippen molar-refractivity contribution in [2.45, 2.75) is 98.8 Å². The number of nitrogens with two attached hydrogens (primary N) is 1. The van der Waals surface area contributed by atoms with E-state index in [2.05, 4.69) is 57.1 Å². The summed E-state index contributed by atoms with van der Waals surface area (Å²) in [6, 6.07) is 0. The molecule has 3 nitrogen and oxygen atoms in total. The van der Waals surface area contributed by atoms with Crippen molar-refractivity contribution < 1.29 is 9.59 Å². The minimum absolute atomic E-state index is 0.0556. The van der Waals surface area contributed by atoms with Gasteiger partial charge in [0.25, 0.3) is 0 Å². The molecule has 34 heavy (non-hydrogen) atoms. The second kappa shape index (κ2) is 7.68. The third-order valence-corrected chi connectivity index (χ3v) is 14.1. The van der Waals surface area contributed by atoms with Crippen LogP contribution in [0.25, 0.3) is 0 Å². The Kier molecular flexibility index (Phi) is 5.66. The van der Waals surface area contributed by atoms with Crippen LogP contribution in [0.1, 0.15) is 98.8 Å². The molecule has 0 aromatic rings. The highest BCUT2D eigenvalue weighted by molar-refractivity contribution is 9.09. The minimum Gasteiger partial charge on any atom is -0.369 e. The standard InChI is InChI=1S/C30H46BrNO2/c1-18(17-31)19-9-14-30(25(32)34)16-15-28(5)20(24(19)30)7-8-22-27(4)12-11-23(33)26(2,3)21(27)10-13-29(22,28)6/h19-22,24H,1,7-17H2,2-6H3,(H2,32,34)/t19-,20+,21-,22+,24+,27-,28+,29+,30-/m0/s1. The number of hydrogen-bond donors (Lipinski definition) is 1. The van der Waals surface area contributed by atoms with Crippen LogP contribution < -0.4 is 5.73 Å². The first-order chi connectivity index (χ1) is 15.8. The number of carbonyl (C=O) groups excluding carboxylic acids is 2. The SMILES string of the molecule is C=C(CBr)[C@@H]1CC[C@]2(C(N)=O)CC[C@]3(C)[C@H](CC[C@@H]4[C@@]5(C)CCC(=O)C(C)(C)[C@@H]5CC[C@]43C)[C@@H]12. The quantitative estimate of drug-likeness (QED) is 0.312. The fourth-order valence-electron chi connectivity index (χ4n) is 11.4. The number of ketones is 1. The molecule has 9 atom stereocenters. The summed E-state index contributed by atoms with van der Waals surface area (Å²) in [5.41, 5.74) is 7.60. The van der Waals surface area contributed by atoms with Crippen LogP contribution in [0.4, 0.5) is 0 Å². The molecule has 0 unspecified atom stereocenters. The zero-order valence-electron chi connectivity index (χ0n) is 22.1. The monoisotopic (exact) mass is 531 g/mol. The van der Waals surface area contributed by atoms with Gasteiger partial charge in [0, 0.05) is 17.2 Å². The van der Waals surface area contributed by atoms with Crippen molar-refractivity contribution >= 4 is 27.6 Å². The largest absolute Gasteiger partial charge is 0.369 e. The van der Waals surface area contributed by atoms with Crippen LogP contribution in [0.5, 0.6) is 0 Å². The van der Waals surface area contributed by atoms with Gasteiger partial charge in [-0.3, -0.25) is 9.59 Å². The van der Waals surface area contributed by atoms with Crippen LogP contribution >= 0.6 is 15.9 Å². The fourth-order valence-corrected chi connectivity index (χ4v) is 11.8. The van der Waals surface area contributed by atoms with E-state index in [1.807, 2.05) is 0 Å². The number of primary amides is 1. The van der Waals surface area contributed by atoms with Crippen LogP contribution in [0.2, 0.25) is 0 Å². The van der Waals surface area contributed by atoms with E-state index in [4.69, 9.17) is 5.73 Å². The summed E-state index contributed by atoms with van der Waals surface area (Å²) >= 11 is 3.68. The average Bonchev–Trinajstić information content (AvgIpc) is 3.18. The first-order valence-corrected chi connectivity index (χ1v) is 15.0. The zero-order chi connectivity index (χ0) is 24.9. The van der Waals surface area contributed by atoms with Crippen LogP contribution in [0.15, 0.2) is 12.2 Å². The third kappa shape index (κ3) is 2.87. The Hall–Kier alpha value is -0.640. The molecule has 0 saturated heterocycles. The topological polar surface area (TPSA) is 60.2 Å². The molecule has 5 aliphatic rings. The van der Waals surface area contributed by atoms with Gasteiger partial charge in [-0.15, -0.1) is 0 Å². The number of alkyl halides is 1. The van der Waals surface area contributed by atoms with Crippen molar-refractivity contribution in [3.63, 3.8) is 0 Å². The maximum absolute atomic E-state index is 13.0. The number of rotatable bonds is 3.